The fourth-order valence-corrected chi connectivity index (χ4v) is 2.46. The Morgan fingerprint density at radius 3 is 2.56 bits per heavy atom. The van der Waals surface area contributed by atoms with Crippen LogP contribution >= 0.6 is 11.6 Å². The summed E-state index contributed by atoms with van der Waals surface area (Å²) in [7, 11) is 0. The lowest BCUT2D eigenvalue weighted by Gasteiger charge is -2.23. The lowest BCUT2D eigenvalue weighted by Crippen LogP contribution is -2.49. The molecule has 2 aromatic rings. The second-order valence-electron chi connectivity index (χ2n) is 5.98. The average Bonchev–Trinajstić information content (AvgIpc) is 2.68. The van der Waals surface area contributed by atoms with Crippen LogP contribution in [0.4, 0.5) is 0 Å². The molecule has 0 saturated carbocycles. The van der Waals surface area contributed by atoms with Gasteiger partial charge in [0.2, 0.25) is 0 Å². The van der Waals surface area contributed by atoms with Crippen LogP contribution in [0.2, 0.25) is 5.15 Å². The Hall–Kier alpha value is -2.51. The number of aromatic nitrogens is 2. The molecule has 2 N–H and O–H groups in total. The summed E-state index contributed by atoms with van der Waals surface area (Å²) in [4.78, 5) is 24.6. The van der Waals surface area contributed by atoms with Gasteiger partial charge in [-0.1, -0.05) is 55.3 Å². The number of halogens is 1. The van der Waals surface area contributed by atoms with Crippen LogP contribution in [-0.4, -0.2) is 45.9 Å². The van der Waals surface area contributed by atoms with Crippen molar-refractivity contribution in [3.05, 3.63) is 58.9 Å². The predicted octanol–water partition coefficient (Wildman–Crippen LogP) is 2.18. The van der Waals surface area contributed by atoms with Crippen molar-refractivity contribution in [1.29, 1.82) is 0 Å². The van der Waals surface area contributed by atoms with Crippen LogP contribution < -0.4 is 5.32 Å². The van der Waals surface area contributed by atoms with E-state index in [1.807, 2.05) is 37.3 Å². The summed E-state index contributed by atoms with van der Waals surface area (Å²) in [5, 5.41) is 20.6. The SMILES string of the molecule is CCCCOC(=O)C(O)C(Cc1ccccc1)NC(=O)c1ccc(Cl)nn1. The predicted molar refractivity (Wildman–Crippen MR) is 100 cm³/mol. The fourth-order valence-electron chi connectivity index (χ4n) is 2.36. The first kappa shape index (κ1) is 20.8. The van der Waals surface area contributed by atoms with Gasteiger partial charge in [-0.15, -0.1) is 10.2 Å². The quantitative estimate of drug-likeness (QED) is 0.501. The molecule has 0 aliphatic heterocycles. The highest BCUT2D eigenvalue weighted by molar-refractivity contribution is 6.29. The maximum Gasteiger partial charge on any atom is 0.337 e. The molecule has 27 heavy (non-hydrogen) atoms. The molecular formula is C19H22ClN3O4. The molecule has 0 spiro atoms. The van der Waals surface area contributed by atoms with E-state index in [4.69, 9.17) is 16.3 Å². The zero-order valence-electron chi connectivity index (χ0n) is 15.0. The highest BCUT2D eigenvalue weighted by Crippen LogP contribution is 2.10. The first-order chi connectivity index (χ1) is 13.0. The van der Waals surface area contributed by atoms with E-state index in [9.17, 15) is 14.7 Å². The summed E-state index contributed by atoms with van der Waals surface area (Å²) in [5.74, 6) is -1.34. The number of esters is 1. The van der Waals surface area contributed by atoms with Crippen molar-refractivity contribution in [1.82, 2.24) is 15.5 Å². The van der Waals surface area contributed by atoms with E-state index in [0.717, 1.165) is 12.0 Å². The molecule has 1 amide bonds. The van der Waals surface area contributed by atoms with Gasteiger partial charge in [0, 0.05) is 0 Å². The smallest absolute Gasteiger partial charge is 0.337 e. The van der Waals surface area contributed by atoms with Gasteiger partial charge >= 0.3 is 5.97 Å². The maximum atomic E-state index is 12.4. The number of nitrogens with one attached hydrogen (secondary N) is 1. The van der Waals surface area contributed by atoms with Crippen molar-refractivity contribution in [2.45, 2.75) is 38.3 Å². The lowest BCUT2D eigenvalue weighted by molar-refractivity contribution is -0.155. The number of carbonyl (C=O) groups is 2. The summed E-state index contributed by atoms with van der Waals surface area (Å²) < 4.78 is 5.08. The molecule has 0 aliphatic rings. The molecular weight excluding hydrogens is 370 g/mol. The van der Waals surface area contributed by atoms with Crippen LogP contribution in [0.3, 0.4) is 0 Å². The van der Waals surface area contributed by atoms with Crippen LogP contribution in [0.1, 0.15) is 35.8 Å². The Morgan fingerprint density at radius 2 is 1.93 bits per heavy atom. The highest BCUT2D eigenvalue weighted by atomic mass is 35.5. The third-order valence-electron chi connectivity index (χ3n) is 3.84. The molecule has 144 valence electrons. The van der Waals surface area contributed by atoms with Gasteiger partial charge in [-0.2, -0.15) is 0 Å². The van der Waals surface area contributed by atoms with E-state index in [-0.39, 0.29) is 23.9 Å². The van der Waals surface area contributed by atoms with Gasteiger partial charge in [0.25, 0.3) is 5.91 Å². The third kappa shape index (κ3) is 6.62. The molecule has 2 unspecified atom stereocenters. The van der Waals surface area contributed by atoms with Crippen molar-refractivity contribution in [2.75, 3.05) is 6.61 Å². The number of ether oxygens (including phenoxy) is 1. The normalized spacial score (nSPS) is 12.9. The molecule has 0 saturated heterocycles. The van der Waals surface area contributed by atoms with Gasteiger partial charge in [-0.05, 0) is 30.5 Å². The number of rotatable bonds is 9. The molecule has 0 bridgehead atoms. The molecule has 1 aromatic heterocycles. The Bertz CT molecular complexity index is 740. The van der Waals surface area contributed by atoms with Gasteiger partial charge in [0.05, 0.1) is 12.6 Å². The van der Waals surface area contributed by atoms with Crippen LogP contribution in [0.5, 0.6) is 0 Å². The number of aliphatic hydroxyl groups is 1. The van der Waals surface area contributed by atoms with Gasteiger partial charge in [-0.25, -0.2) is 4.79 Å². The minimum atomic E-state index is -1.51. The van der Waals surface area contributed by atoms with E-state index in [0.29, 0.717) is 6.42 Å². The monoisotopic (exact) mass is 391 g/mol. The second-order valence-corrected chi connectivity index (χ2v) is 6.36. The molecule has 1 heterocycles. The van der Waals surface area contributed by atoms with Crippen LogP contribution in [-0.2, 0) is 16.0 Å². The Kier molecular flexibility index (Phi) is 8.16. The zero-order chi connectivity index (χ0) is 19.6. The lowest BCUT2D eigenvalue weighted by atomic mass is 10.0. The van der Waals surface area contributed by atoms with Crippen LogP contribution in [0.25, 0.3) is 0 Å². The Labute approximate surface area is 162 Å². The number of amides is 1. The number of aliphatic hydroxyl groups excluding tert-OH is 1. The summed E-state index contributed by atoms with van der Waals surface area (Å²) in [6.45, 7) is 2.19. The number of unbranched alkanes of at least 4 members (excludes halogenated alkanes) is 1. The van der Waals surface area contributed by atoms with Crippen molar-refractivity contribution in [3.63, 3.8) is 0 Å². The summed E-state index contributed by atoms with van der Waals surface area (Å²) in [6, 6.07) is 11.2. The number of hydrogen-bond donors (Lipinski definition) is 2. The van der Waals surface area contributed by atoms with E-state index < -0.39 is 24.0 Å². The highest BCUT2D eigenvalue weighted by Gasteiger charge is 2.29. The molecule has 7 nitrogen and oxygen atoms in total. The van der Waals surface area contributed by atoms with Gasteiger partial charge < -0.3 is 15.2 Å². The zero-order valence-corrected chi connectivity index (χ0v) is 15.7. The summed E-state index contributed by atoms with van der Waals surface area (Å²) >= 11 is 5.68. The summed E-state index contributed by atoms with van der Waals surface area (Å²) in [6.07, 6.45) is 0.306. The molecule has 2 atom stereocenters. The largest absolute Gasteiger partial charge is 0.464 e. The Morgan fingerprint density at radius 1 is 1.19 bits per heavy atom. The van der Waals surface area contributed by atoms with Gasteiger partial charge in [0.15, 0.2) is 17.0 Å². The minimum absolute atomic E-state index is 0.0315. The number of benzene rings is 1. The first-order valence-electron chi connectivity index (χ1n) is 8.70. The molecule has 0 radical (unpaired) electrons. The minimum Gasteiger partial charge on any atom is -0.464 e. The molecule has 8 heteroatoms. The van der Waals surface area contributed by atoms with Gasteiger partial charge in [-0.3, -0.25) is 4.79 Å². The van der Waals surface area contributed by atoms with E-state index in [2.05, 4.69) is 15.5 Å². The first-order valence-corrected chi connectivity index (χ1v) is 9.07. The number of hydrogen-bond acceptors (Lipinski definition) is 6. The van der Waals surface area contributed by atoms with Crippen LogP contribution in [0, 0.1) is 0 Å². The van der Waals surface area contributed by atoms with Crippen molar-refractivity contribution < 1.29 is 19.4 Å². The number of carbonyl (C=O) groups excluding carboxylic acids is 2. The standard InChI is InChI=1S/C19H22ClN3O4/c1-2-3-11-27-19(26)17(24)15(12-13-7-5-4-6-8-13)21-18(25)14-9-10-16(20)23-22-14/h4-10,15,17,24H,2-3,11-12H2,1H3,(H,21,25). The van der Waals surface area contributed by atoms with E-state index >= 15 is 0 Å². The fraction of sp³-hybridized carbons (Fsp3) is 0.368. The third-order valence-corrected chi connectivity index (χ3v) is 4.05. The second kappa shape index (κ2) is 10.6. The molecule has 0 fully saturated rings. The van der Waals surface area contributed by atoms with E-state index in [1.54, 1.807) is 0 Å². The molecule has 2 rings (SSSR count). The molecule has 0 aliphatic carbocycles. The topological polar surface area (TPSA) is 101 Å². The number of nitrogens with zero attached hydrogens (tertiary/aromatic N) is 2. The average molecular weight is 392 g/mol. The Balaban J connectivity index is 2.11. The van der Waals surface area contributed by atoms with Crippen molar-refractivity contribution in [2.24, 2.45) is 0 Å². The van der Waals surface area contributed by atoms with E-state index in [1.165, 1.54) is 12.1 Å². The summed E-state index contributed by atoms with van der Waals surface area (Å²) in [5.41, 5.74) is 0.884. The van der Waals surface area contributed by atoms with Crippen LogP contribution in [0.15, 0.2) is 42.5 Å². The molecule has 1 aromatic carbocycles. The maximum absolute atomic E-state index is 12.4. The van der Waals surface area contributed by atoms with Crippen molar-refractivity contribution >= 4 is 23.5 Å². The van der Waals surface area contributed by atoms with Crippen molar-refractivity contribution in [3.8, 4) is 0 Å². The van der Waals surface area contributed by atoms with Gasteiger partial charge in [0.1, 0.15) is 0 Å².